The maximum atomic E-state index is 12.8. The van der Waals surface area contributed by atoms with Crippen molar-refractivity contribution in [1.29, 1.82) is 0 Å². The Hall–Kier alpha value is -2.39. The van der Waals surface area contributed by atoms with Crippen LogP contribution in [0.3, 0.4) is 0 Å². The summed E-state index contributed by atoms with van der Waals surface area (Å²) < 4.78 is 30.6. The molecule has 0 spiro atoms. The lowest BCUT2D eigenvalue weighted by molar-refractivity contribution is -0.136. The van der Waals surface area contributed by atoms with Gasteiger partial charge in [0.15, 0.2) is 16.4 Å². The second-order valence-corrected chi connectivity index (χ2v) is 11.1. The second-order valence-electron chi connectivity index (χ2n) is 8.47. The van der Waals surface area contributed by atoms with E-state index >= 15 is 0 Å². The molecule has 1 saturated heterocycles. The van der Waals surface area contributed by atoms with E-state index in [1.807, 2.05) is 38.1 Å². The molecule has 0 aliphatic carbocycles. The predicted octanol–water partition coefficient (Wildman–Crippen LogP) is 3.17. The van der Waals surface area contributed by atoms with E-state index in [9.17, 15) is 18.0 Å². The zero-order valence-corrected chi connectivity index (χ0v) is 20.8. The van der Waals surface area contributed by atoms with Gasteiger partial charge in [0.2, 0.25) is 0 Å². The number of esters is 1. The number of carbonyl (C=O) groups excluding carboxylic acids is 2. The number of aryl methyl sites for hydroxylation is 2. The Kier molecular flexibility index (Phi) is 8.18. The number of carbonyl (C=O) groups is 2. The van der Waals surface area contributed by atoms with Gasteiger partial charge in [-0.2, -0.15) is 5.10 Å². The molecule has 1 aromatic heterocycles. The third-order valence-electron chi connectivity index (χ3n) is 5.77. The Balaban J connectivity index is 1.67. The summed E-state index contributed by atoms with van der Waals surface area (Å²) in [6.07, 6.45) is 2.01. The van der Waals surface area contributed by atoms with E-state index in [2.05, 4.69) is 5.10 Å². The molecule has 0 radical (unpaired) electrons. The molecule has 2 heterocycles. The van der Waals surface area contributed by atoms with Gasteiger partial charge in [0.1, 0.15) is 10.7 Å². The molecule has 1 unspecified atom stereocenters. The Labute approximate surface area is 199 Å². The summed E-state index contributed by atoms with van der Waals surface area (Å²) in [6, 6.07) is 7.52. The number of aromatic nitrogens is 2. The van der Waals surface area contributed by atoms with Crippen LogP contribution >= 0.6 is 11.6 Å². The van der Waals surface area contributed by atoms with E-state index < -0.39 is 28.3 Å². The number of amides is 1. The number of nitrogens with zero attached hydrogens (tertiary/aromatic N) is 3. The number of hydrogen-bond acceptors (Lipinski definition) is 6. The molecule has 10 heteroatoms. The summed E-state index contributed by atoms with van der Waals surface area (Å²) >= 11 is 6.42. The average Bonchev–Trinajstić information content (AvgIpc) is 3.26. The summed E-state index contributed by atoms with van der Waals surface area (Å²) in [5.41, 5.74) is 2.66. The molecule has 180 valence electrons. The van der Waals surface area contributed by atoms with Gasteiger partial charge in [0, 0.05) is 12.6 Å². The van der Waals surface area contributed by atoms with Crippen LogP contribution in [0.5, 0.6) is 0 Å². The number of rotatable bonds is 9. The SMILES string of the molecule is CCCCN(C(=O)COC(=O)c1c(C)nn(Cc2ccc(C)cc2)c1Cl)C1CCS(=O)(=O)C1. The van der Waals surface area contributed by atoms with Crippen LogP contribution in [0.25, 0.3) is 0 Å². The van der Waals surface area contributed by atoms with Gasteiger partial charge < -0.3 is 9.64 Å². The minimum absolute atomic E-state index is 0.0485. The van der Waals surface area contributed by atoms with Crippen molar-refractivity contribution in [3.8, 4) is 0 Å². The Morgan fingerprint density at radius 1 is 1.24 bits per heavy atom. The molecular formula is C23H30ClN3O5S. The van der Waals surface area contributed by atoms with Crippen LogP contribution in [0.2, 0.25) is 5.15 Å². The van der Waals surface area contributed by atoms with Gasteiger partial charge in [0.25, 0.3) is 5.91 Å². The van der Waals surface area contributed by atoms with E-state index in [0.29, 0.717) is 25.2 Å². The second kappa shape index (κ2) is 10.7. The van der Waals surface area contributed by atoms with Crippen molar-refractivity contribution in [2.75, 3.05) is 24.7 Å². The minimum atomic E-state index is -3.14. The first kappa shape index (κ1) is 25.2. The molecule has 33 heavy (non-hydrogen) atoms. The maximum absolute atomic E-state index is 12.8. The van der Waals surface area contributed by atoms with Crippen molar-refractivity contribution >= 4 is 33.3 Å². The number of hydrogen-bond donors (Lipinski definition) is 0. The molecule has 1 aliphatic heterocycles. The number of sulfone groups is 1. The Morgan fingerprint density at radius 3 is 2.55 bits per heavy atom. The van der Waals surface area contributed by atoms with E-state index in [0.717, 1.165) is 24.0 Å². The van der Waals surface area contributed by atoms with Crippen molar-refractivity contribution in [3.05, 3.63) is 51.8 Å². The molecule has 1 aromatic carbocycles. The van der Waals surface area contributed by atoms with Crippen LogP contribution in [0, 0.1) is 13.8 Å². The maximum Gasteiger partial charge on any atom is 0.343 e. The van der Waals surface area contributed by atoms with Gasteiger partial charge in [0.05, 0.1) is 23.7 Å². The highest BCUT2D eigenvalue weighted by molar-refractivity contribution is 7.91. The third-order valence-corrected chi connectivity index (χ3v) is 7.91. The van der Waals surface area contributed by atoms with Crippen LogP contribution in [0.4, 0.5) is 0 Å². The largest absolute Gasteiger partial charge is 0.452 e. The van der Waals surface area contributed by atoms with Crippen molar-refractivity contribution in [2.24, 2.45) is 0 Å². The van der Waals surface area contributed by atoms with Gasteiger partial charge >= 0.3 is 5.97 Å². The number of benzene rings is 1. The monoisotopic (exact) mass is 495 g/mol. The highest BCUT2D eigenvalue weighted by atomic mass is 35.5. The first-order valence-electron chi connectivity index (χ1n) is 11.1. The lowest BCUT2D eigenvalue weighted by Gasteiger charge is -2.28. The fourth-order valence-electron chi connectivity index (χ4n) is 3.90. The summed E-state index contributed by atoms with van der Waals surface area (Å²) in [6.45, 7) is 6.01. The Bertz CT molecular complexity index is 1110. The van der Waals surface area contributed by atoms with Gasteiger partial charge in [-0.1, -0.05) is 54.8 Å². The molecule has 8 nitrogen and oxygen atoms in total. The predicted molar refractivity (Wildman–Crippen MR) is 126 cm³/mol. The highest BCUT2D eigenvalue weighted by Gasteiger charge is 2.35. The molecule has 1 aliphatic rings. The normalized spacial score (nSPS) is 17.2. The zero-order valence-electron chi connectivity index (χ0n) is 19.2. The van der Waals surface area contributed by atoms with Crippen LogP contribution in [-0.2, 0) is 25.9 Å². The van der Waals surface area contributed by atoms with E-state index in [1.54, 1.807) is 6.92 Å². The first-order valence-corrected chi connectivity index (χ1v) is 13.3. The van der Waals surface area contributed by atoms with Crippen molar-refractivity contribution in [1.82, 2.24) is 14.7 Å². The molecule has 2 aromatic rings. The third kappa shape index (κ3) is 6.35. The summed E-state index contributed by atoms with van der Waals surface area (Å²) in [5, 5.41) is 4.50. The fourth-order valence-corrected chi connectivity index (χ4v) is 5.94. The molecular weight excluding hydrogens is 466 g/mol. The lowest BCUT2D eigenvalue weighted by Crippen LogP contribution is -2.43. The number of ether oxygens (including phenoxy) is 1. The van der Waals surface area contributed by atoms with Gasteiger partial charge in [-0.25, -0.2) is 17.9 Å². The van der Waals surface area contributed by atoms with E-state index in [1.165, 1.54) is 9.58 Å². The summed E-state index contributed by atoms with van der Waals surface area (Å²) in [7, 11) is -3.14. The van der Waals surface area contributed by atoms with Gasteiger partial charge in [-0.05, 0) is 32.3 Å². The highest BCUT2D eigenvalue weighted by Crippen LogP contribution is 2.23. The van der Waals surface area contributed by atoms with Gasteiger partial charge in [-0.3, -0.25) is 4.79 Å². The van der Waals surface area contributed by atoms with Crippen LogP contribution in [-0.4, -0.2) is 65.7 Å². The topological polar surface area (TPSA) is 98.6 Å². The summed E-state index contributed by atoms with van der Waals surface area (Å²) in [5.74, 6) is -1.11. The standard InChI is InChI=1S/C23H30ClN3O5S/c1-4-5-11-26(19-10-12-33(30,31)15-19)20(28)14-32-23(29)21-17(3)25-27(22(21)24)13-18-8-6-16(2)7-9-18/h6-9,19H,4-5,10-15H2,1-3H3. The van der Waals surface area contributed by atoms with Gasteiger partial charge in [-0.15, -0.1) is 0 Å². The van der Waals surface area contributed by atoms with Crippen LogP contribution in [0.1, 0.15) is 53.4 Å². The van der Waals surface area contributed by atoms with Crippen molar-refractivity contribution < 1.29 is 22.7 Å². The smallest absolute Gasteiger partial charge is 0.343 e. The Morgan fingerprint density at radius 2 is 1.94 bits per heavy atom. The molecule has 0 saturated carbocycles. The molecule has 3 rings (SSSR count). The molecule has 1 atom stereocenters. The average molecular weight is 496 g/mol. The van der Waals surface area contributed by atoms with Crippen molar-refractivity contribution in [3.63, 3.8) is 0 Å². The first-order chi connectivity index (χ1) is 15.6. The van der Waals surface area contributed by atoms with Crippen LogP contribution < -0.4 is 0 Å². The molecule has 1 fully saturated rings. The van der Waals surface area contributed by atoms with Crippen LogP contribution in [0.15, 0.2) is 24.3 Å². The van der Waals surface area contributed by atoms with E-state index in [-0.39, 0.29) is 28.3 Å². The zero-order chi connectivity index (χ0) is 24.2. The fraction of sp³-hybridized carbons (Fsp3) is 0.522. The summed E-state index contributed by atoms with van der Waals surface area (Å²) in [4.78, 5) is 27.1. The van der Waals surface area contributed by atoms with E-state index in [4.69, 9.17) is 16.3 Å². The number of halogens is 1. The molecule has 0 bridgehead atoms. The molecule has 1 amide bonds. The lowest BCUT2D eigenvalue weighted by atomic mass is 10.1. The molecule has 0 N–H and O–H groups in total. The van der Waals surface area contributed by atoms with Crippen molar-refractivity contribution in [2.45, 2.75) is 52.6 Å². The quantitative estimate of drug-likeness (QED) is 0.495. The number of unbranched alkanes of at least 4 members (excludes halogenated alkanes) is 1. The minimum Gasteiger partial charge on any atom is -0.452 e.